The van der Waals surface area contributed by atoms with Gasteiger partial charge in [0.25, 0.3) is 0 Å². The van der Waals surface area contributed by atoms with Gasteiger partial charge in [-0.05, 0) is 12.1 Å². The molecule has 14 heavy (non-hydrogen) atoms. The summed E-state index contributed by atoms with van der Waals surface area (Å²) in [5.74, 6) is 0. The molecule has 0 fully saturated rings. The molecule has 2 N–H and O–H groups in total. The fourth-order valence-corrected chi connectivity index (χ4v) is 0.898. The summed E-state index contributed by atoms with van der Waals surface area (Å²) in [5.41, 5.74) is 2.74. The van der Waals surface area contributed by atoms with Crippen LogP contribution in [0.1, 0.15) is 0 Å². The van der Waals surface area contributed by atoms with E-state index in [0.29, 0.717) is 5.69 Å². The number of benzene rings is 2. The molecule has 0 radical (unpaired) electrons. The van der Waals surface area contributed by atoms with Gasteiger partial charge in [0.15, 0.2) is 0 Å². The first-order valence-corrected chi connectivity index (χ1v) is 4.38. The van der Waals surface area contributed by atoms with Crippen molar-refractivity contribution in [2.45, 2.75) is 0 Å². The van der Waals surface area contributed by atoms with Gasteiger partial charge in [-0.15, -0.1) is 0 Å². The third kappa shape index (κ3) is 4.28. The second-order valence-electron chi connectivity index (χ2n) is 2.63. The topological polar surface area (TPSA) is 32.3 Å². The Balaban J connectivity index is 0.000000146. The highest BCUT2D eigenvalue weighted by atomic mass is 16.5. The van der Waals surface area contributed by atoms with E-state index in [1.165, 1.54) is 0 Å². The van der Waals surface area contributed by atoms with Crippen LogP contribution >= 0.6 is 0 Å². The summed E-state index contributed by atoms with van der Waals surface area (Å²) < 4.78 is 0. The summed E-state index contributed by atoms with van der Waals surface area (Å²) in [6, 6.07) is 21.1. The average molecular weight is 187 g/mol. The number of rotatable bonds is 1. The predicted octanol–water partition coefficient (Wildman–Crippen LogP) is 3.17. The zero-order valence-corrected chi connectivity index (χ0v) is 7.80. The first kappa shape index (κ1) is 10.3. The van der Waals surface area contributed by atoms with Crippen LogP contribution in [0.4, 0.5) is 5.69 Å². The van der Waals surface area contributed by atoms with E-state index in [0.717, 1.165) is 0 Å². The van der Waals surface area contributed by atoms with Crippen LogP contribution in [0.5, 0.6) is 0 Å². The molecule has 0 saturated carbocycles. The van der Waals surface area contributed by atoms with Gasteiger partial charge < -0.3 is 0 Å². The number of nitrogens with one attached hydrogen (secondary N) is 1. The largest absolute Gasteiger partial charge is 0.291 e. The summed E-state index contributed by atoms with van der Waals surface area (Å²) in [6.07, 6.45) is 0. The molecule has 0 atom stereocenters. The molecule has 0 saturated heterocycles. The van der Waals surface area contributed by atoms with Gasteiger partial charge in [0, 0.05) is 0 Å². The number of hydrogen-bond acceptors (Lipinski definition) is 2. The zero-order chi connectivity index (χ0) is 10.1. The second kappa shape index (κ2) is 6.69. The Kier molecular flexibility index (Phi) is 4.91. The lowest BCUT2D eigenvalue weighted by molar-refractivity contribution is 0.389. The molecule has 0 aromatic heterocycles. The van der Waals surface area contributed by atoms with E-state index in [-0.39, 0.29) is 0 Å². The molecular weight excluding hydrogens is 174 g/mol. The molecule has 0 bridgehead atoms. The number of para-hydroxylation sites is 1. The van der Waals surface area contributed by atoms with Crippen LogP contribution in [0.15, 0.2) is 66.7 Å². The van der Waals surface area contributed by atoms with Crippen molar-refractivity contribution in [3.8, 4) is 0 Å². The van der Waals surface area contributed by atoms with Crippen LogP contribution < -0.4 is 5.48 Å². The molecule has 2 aromatic rings. The van der Waals surface area contributed by atoms with E-state index < -0.39 is 0 Å². The fourth-order valence-electron chi connectivity index (χ4n) is 0.898. The minimum absolute atomic E-state index is 0.715. The van der Waals surface area contributed by atoms with Crippen LogP contribution in [-0.4, -0.2) is 5.21 Å². The number of hydrogen-bond donors (Lipinski definition) is 2. The third-order valence-corrected chi connectivity index (χ3v) is 1.57. The van der Waals surface area contributed by atoms with Crippen molar-refractivity contribution in [1.82, 2.24) is 0 Å². The highest BCUT2D eigenvalue weighted by Crippen LogP contribution is 2.01. The number of anilines is 1. The average Bonchev–Trinajstić information content (AvgIpc) is 2.33. The Morgan fingerprint density at radius 1 is 0.643 bits per heavy atom. The molecule has 2 nitrogen and oxygen atoms in total. The van der Waals surface area contributed by atoms with E-state index >= 15 is 0 Å². The van der Waals surface area contributed by atoms with Gasteiger partial charge in [-0.1, -0.05) is 54.6 Å². The summed E-state index contributed by atoms with van der Waals surface area (Å²) >= 11 is 0. The summed E-state index contributed by atoms with van der Waals surface area (Å²) in [4.78, 5) is 0. The molecule has 0 aliphatic carbocycles. The highest BCUT2D eigenvalue weighted by Gasteiger charge is 1.79. The van der Waals surface area contributed by atoms with Crippen molar-refractivity contribution in [3.63, 3.8) is 0 Å². The van der Waals surface area contributed by atoms with Crippen molar-refractivity contribution < 1.29 is 5.21 Å². The Labute approximate surface area is 83.8 Å². The smallest absolute Gasteiger partial charge is 0.0602 e. The molecule has 0 aliphatic heterocycles. The maximum atomic E-state index is 8.29. The van der Waals surface area contributed by atoms with E-state index in [4.69, 9.17) is 5.21 Å². The molecule has 2 heteroatoms. The van der Waals surface area contributed by atoms with E-state index in [9.17, 15) is 0 Å². The molecule has 0 unspecified atom stereocenters. The van der Waals surface area contributed by atoms with Crippen molar-refractivity contribution >= 4 is 5.69 Å². The minimum Gasteiger partial charge on any atom is -0.291 e. The van der Waals surface area contributed by atoms with Gasteiger partial charge in [0.05, 0.1) is 5.69 Å². The SMILES string of the molecule is ONc1ccccc1.c1ccccc1. The van der Waals surface area contributed by atoms with Gasteiger partial charge in [-0.25, -0.2) is 0 Å². The molecule has 0 amide bonds. The Hall–Kier alpha value is -1.80. The van der Waals surface area contributed by atoms with Crippen molar-refractivity contribution in [2.24, 2.45) is 0 Å². The van der Waals surface area contributed by atoms with E-state index in [1.807, 2.05) is 60.1 Å². The van der Waals surface area contributed by atoms with E-state index in [1.54, 1.807) is 12.1 Å². The molecule has 0 spiro atoms. The standard InChI is InChI=1S/C6H7NO.C6H6/c8-7-6-4-2-1-3-5-6;1-2-4-6-5-3-1/h1-5,7-8H;1-6H. The van der Waals surface area contributed by atoms with Crippen molar-refractivity contribution in [2.75, 3.05) is 5.48 Å². The molecule has 2 aromatic carbocycles. The second-order valence-corrected chi connectivity index (χ2v) is 2.63. The monoisotopic (exact) mass is 187 g/mol. The maximum absolute atomic E-state index is 8.29. The predicted molar refractivity (Wildman–Crippen MR) is 58.3 cm³/mol. The zero-order valence-electron chi connectivity index (χ0n) is 7.80. The van der Waals surface area contributed by atoms with Crippen LogP contribution in [0.25, 0.3) is 0 Å². The van der Waals surface area contributed by atoms with Gasteiger partial charge in [-0.2, -0.15) is 0 Å². The first-order chi connectivity index (χ1) is 6.93. The van der Waals surface area contributed by atoms with Gasteiger partial charge in [0.1, 0.15) is 0 Å². The summed E-state index contributed by atoms with van der Waals surface area (Å²) in [6.45, 7) is 0. The lowest BCUT2D eigenvalue weighted by Gasteiger charge is -1.92. The van der Waals surface area contributed by atoms with Crippen molar-refractivity contribution in [1.29, 1.82) is 0 Å². The Bertz CT molecular complexity index is 294. The molecule has 72 valence electrons. The van der Waals surface area contributed by atoms with Crippen molar-refractivity contribution in [3.05, 3.63) is 66.7 Å². The van der Waals surface area contributed by atoms with Crippen LogP contribution in [-0.2, 0) is 0 Å². The summed E-state index contributed by atoms with van der Waals surface area (Å²) in [7, 11) is 0. The Morgan fingerprint density at radius 3 is 1.29 bits per heavy atom. The fraction of sp³-hybridized carbons (Fsp3) is 0. The first-order valence-electron chi connectivity index (χ1n) is 4.38. The lowest BCUT2D eigenvalue weighted by atomic mass is 10.3. The van der Waals surface area contributed by atoms with E-state index in [2.05, 4.69) is 0 Å². The van der Waals surface area contributed by atoms with Gasteiger partial charge >= 0.3 is 0 Å². The third-order valence-electron chi connectivity index (χ3n) is 1.57. The van der Waals surface area contributed by atoms with Gasteiger partial charge in [0.2, 0.25) is 0 Å². The molecule has 0 heterocycles. The summed E-state index contributed by atoms with van der Waals surface area (Å²) in [5, 5.41) is 8.29. The molecular formula is C12H13NO. The van der Waals surface area contributed by atoms with Gasteiger partial charge in [-0.3, -0.25) is 10.7 Å². The maximum Gasteiger partial charge on any atom is 0.0602 e. The quantitative estimate of drug-likeness (QED) is 0.672. The highest BCUT2D eigenvalue weighted by molar-refractivity contribution is 5.39. The minimum atomic E-state index is 0.715. The molecule has 0 aliphatic rings. The molecule has 2 rings (SSSR count). The van der Waals surface area contributed by atoms with Crippen LogP contribution in [0.3, 0.4) is 0 Å². The van der Waals surface area contributed by atoms with Crippen LogP contribution in [0, 0.1) is 0 Å². The lowest BCUT2D eigenvalue weighted by Crippen LogP contribution is -1.85. The van der Waals surface area contributed by atoms with Crippen LogP contribution in [0.2, 0.25) is 0 Å². The normalized spacial score (nSPS) is 8.36. The Morgan fingerprint density at radius 2 is 1.00 bits per heavy atom.